The van der Waals surface area contributed by atoms with Crippen molar-refractivity contribution in [2.24, 2.45) is 0 Å². The second-order valence-corrected chi connectivity index (χ2v) is 8.89. The van der Waals surface area contributed by atoms with E-state index in [1.54, 1.807) is 0 Å². The van der Waals surface area contributed by atoms with E-state index in [4.69, 9.17) is 23.7 Å². The van der Waals surface area contributed by atoms with Gasteiger partial charge in [0.25, 0.3) is 0 Å². The molecule has 200 valence electrons. The molecule has 0 heterocycles. The predicted molar refractivity (Wildman–Crippen MR) is 145 cm³/mol. The maximum atomic E-state index is 12.8. The largest absolute Gasteiger partial charge is 0.493 e. The Hall–Kier alpha value is -2.93. The summed E-state index contributed by atoms with van der Waals surface area (Å²) >= 11 is 0. The normalized spacial score (nSPS) is 11.8. The van der Waals surface area contributed by atoms with Crippen LogP contribution in [0.4, 0.5) is 0 Å². The van der Waals surface area contributed by atoms with Gasteiger partial charge in [-0.25, -0.2) is 0 Å². The van der Waals surface area contributed by atoms with Crippen molar-refractivity contribution in [3.63, 3.8) is 0 Å². The number of rotatable bonds is 15. The van der Waals surface area contributed by atoms with Gasteiger partial charge in [-0.1, -0.05) is 11.6 Å². The minimum atomic E-state index is -0.551. The van der Waals surface area contributed by atoms with Crippen LogP contribution >= 0.6 is 0 Å². The number of carbonyl (C=O) groups is 1. The number of hydrogen-bond donors (Lipinski definition) is 0. The summed E-state index contributed by atoms with van der Waals surface area (Å²) < 4.78 is 30.5. The van der Waals surface area contributed by atoms with Crippen LogP contribution in [0.1, 0.15) is 66.1 Å². The monoisotopic (exact) mass is 501 g/mol. The molecular weight excluding hydrogens is 458 g/mol. The minimum Gasteiger partial charge on any atom is -0.493 e. The second kappa shape index (κ2) is 14.6. The van der Waals surface area contributed by atoms with Crippen LogP contribution in [0.15, 0.2) is 29.8 Å². The van der Waals surface area contributed by atoms with Crippen molar-refractivity contribution in [1.29, 1.82) is 0 Å². The van der Waals surface area contributed by atoms with Gasteiger partial charge in [0, 0.05) is 18.5 Å². The van der Waals surface area contributed by atoms with Crippen LogP contribution in [0.25, 0.3) is 10.8 Å². The molecule has 1 atom stereocenters. The first-order valence-corrected chi connectivity index (χ1v) is 12.9. The van der Waals surface area contributed by atoms with Crippen molar-refractivity contribution < 1.29 is 28.5 Å². The fourth-order valence-electron chi connectivity index (χ4n) is 3.93. The summed E-state index contributed by atoms with van der Waals surface area (Å²) in [5, 5.41) is 1.55. The molecule has 0 spiro atoms. The summed E-state index contributed by atoms with van der Waals surface area (Å²) in [7, 11) is 3.87. The van der Waals surface area contributed by atoms with E-state index >= 15 is 0 Å². The Bertz CT molecular complexity index is 1030. The zero-order valence-electron chi connectivity index (χ0n) is 23.2. The van der Waals surface area contributed by atoms with E-state index in [1.807, 2.05) is 78.7 Å². The Morgan fingerprint density at radius 1 is 0.861 bits per heavy atom. The summed E-state index contributed by atoms with van der Waals surface area (Å²) in [5.41, 5.74) is 1.89. The number of hydrogen-bond acceptors (Lipinski definition) is 7. The Balaban J connectivity index is 2.84. The summed E-state index contributed by atoms with van der Waals surface area (Å²) in [6, 6.07) is 5.72. The lowest BCUT2D eigenvalue weighted by atomic mass is 9.96. The Kier molecular flexibility index (Phi) is 11.9. The second-order valence-electron chi connectivity index (χ2n) is 8.89. The maximum absolute atomic E-state index is 12.8. The molecular formula is C29H43NO6. The van der Waals surface area contributed by atoms with Gasteiger partial charge < -0.3 is 28.6 Å². The molecule has 36 heavy (non-hydrogen) atoms. The van der Waals surface area contributed by atoms with E-state index < -0.39 is 6.10 Å². The van der Waals surface area contributed by atoms with Crippen molar-refractivity contribution >= 4 is 16.7 Å². The van der Waals surface area contributed by atoms with Gasteiger partial charge >= 0.3 is 5.97 Å². The highest BCUT2D eigenvalue weighted by molar-refractivity contribution is 6.03. The van der Waals surface area contributed by atoms with Crippen LogP contribution in [0.2, 0.25) is 0 Å². The number of benzene rings is 2. The van der Waals surface area contributed by atoms with Gasteiger partial charge in [0.05, 0.1) is 43.6 Å². The molecule has 2 aromatic rings. The Morgan fingerprint density at radius 2 is 1.42 bits per heavy atom. The van der Waals surface area contributed by atoms with Crippen LogP contribution in [0.3, 0.4) is 0 Å². The molecule has 7 heteroatoms. The molecule has 0 N–H and O–H groups in total. The van der Waals surface area contributed by atoms with Gasteiger partial charge in [-0.3, -0.25) is 4.79 Å². The van der Waals surface area contributed by atoms with Crippen molar-refractivity contribution in [3.8, 4) is 23.0 Å². The number of esters is 1. The molecule has 0 aliphatic carbocycles. The highest BCUT2D eigenvalue weighted by Crippen LogP contribution is 2.49. The number of nitrogens with zero attached hydrogens (tertiary/aromatic N) is 1. The average Bonchev–Trinajstić information content (AvgIpc) is 2.83. The molecule has 0 aliphatic heterocycles. The zero-order valence-corrected chi connectivity index (χ0v) is 23.2. The zero-order chi connectivity index (χ0) is 26.7. The maximum Gasteiger partial charge on any atom is 0.307 e. The predicted octanol–water partition coefficient (Wildman–Crippen LogP) is 6.33. The van der Waals surface area contributed by atoms with E-state index in [2.05, 4.69) is 6.08 Å². The van der Waals surface area contributed by atoms with Gasteiger partial charge in [0.2, 0.25) is 0 Å². The van der Waals surface area contributed by atoms with Crippen LogP contribution < -0.4 is 18.9 Å². The molecule has 2 rings (SSSR count). The van der Waals surface area contributed by atoms with E-state index in [-0.39, 0.29) is 5.97 Å². The molecule has 0 bridgehead atoms. The summed E-state index contributed by atoms with van der Waals surface area (Å²) in [4.78, 5) is 14.8. The molecule has 0 amide bonds. The fourth-order valence-corrected chi connectivity index (χ4v) is 3.93. The lowest BCUT2D eigenvalue weighted by Crippen LogP contribution is -2.20. The van der Waals surface area contributed by atoms with Crippen LogP contribution in [0, 0.1) is 0 Å². The van der Waals surface area contributed by atoms with Crippen molar-refractivity contribution in [2.75, 3.05) is 47.1 Å². The van der Waals surface area contributed by atoms with Gasteiger partial charge in [-0.05, 0) is 73.8 Å². The third kappa shape index (κ3) is 7.79. The van der Waals surface area contributed by atoms with Gasteiger partial charge in [0.15, 0.2) is 0 Å². The lowest BCUT2D eigenvalue weighted by molar-refractivity contribution is -0.149. The number of ether oxygens (including phenoxy) is 5. The highest BCUT2D eigenvalue weighted by atomic mass is 16.5. The van der Waals surface area contributed by atoms with E-state index in [1.165, 1.54) is 0 Å². The van der Waals surface area contributed by atoms with E-state index in [0.717, 1.165) is 21.9 Å². The summed E-state index contributed by atoms with van der Waals surface area (Å²) in [5.74, 6) is 2.36. The first-order valence-electron chi connectivity index (χ1n) is 12.9. The summed E-state index contributed by atoms with van der Waals surface area (Å²) in [6.45, 7) is 14.3. The molecule has 0 radical (unpaired) electrons. The molecule has 0 fully saturated rings. The van der Waals surface area contributed by atoms with Gasteiger partial charge in [-0.2, -0.15) is 0 Å². The molecule has 2 aromatic carbocycles. The van der Waals surface area contributed by atoms with E-state index in [0.29, 0.717) is 68.8 Å². The quantitative estimate of drug-likeness (QED) is 0.209. The lowest BCUT2D eigenvalue weighted by Gasteiger charge is -2.25. The number of carbonyl (C=O) groups excluding carboxylic acids is 1. The first kappa shape index (κ1) is 29.3. The first-order chi connectivity index (χ1) is 17.3. The Labute approximate surface area is 216 Å². The van der Waals surface area contributed by atoms with E-state index in [9.17, 15) is 4.79 Å². The Morgan fingerprint density at radius 3 is 1.94 bits per heavy atom. The molecule has 0 aliphatic rings. The average molecular weight is 502 g/mol. The molecule has 7 nitrogen and oxygen atoms in total. The fraction of sp³-hybridized carbons (Fsp3) is 0.552. The van der Waals surface area contributed by atoms with Crippen molar-refractivity contribution in [2.45, 2.75) is 60.5 Å². The molecule has 0 unspecified atom stereocenters. The van der Waals surface area contributed by atoms with Crippen LogP contribution in [-0.2, 0) is 9.53 Å². The van der Waals surface area contributed by atoms with Crippen molar-refractivity contribution in [3.05, 3.63) is 35.4 Å². The van der Waals surface area contributed by atoms with Crippen molar-refractivity contribution in [1.82, 2.24) is 4.90 Å². The number of allylic oxidation sites excluding steroid dienone is 1. The molecule has 0 saturated heterocycles. The number of fused-ring (bicyclic) bond motifs is 1. The molecule has 0 aromatic heterocycles. The minimum absolute atomic E-state index is 0.260. The highest BCUT2D eigenvalue weighted by Gasteiger charge is 2.27. The van der Waals surface area contributed by atoms with Crippen LogP contribution in [0.5, 0.6) is 23.0 Å². The third-order valence-corrected chi connectivity index (χ3v) is 5.46. The van der Waals surface area contributed by atoms with Crippen LogP contribution in [-0.4, -0.2) is 57.9 Å². The standard InChI is InChI=1S/C29H43NO6/c1-9-32-23-15-16-24(33-10-2)28-27(23)25(34-11-3)19-21(29(28)35-12-4)22(14-13-20(5)6)36-26(31)17-18-30(7)8/h13,15-16,19,22H,9-12,14,17-18H2,1-8H3/t22-/m0/s1. The topological polar surface area (TPSA) is 66.5 Å². The SMILES string of the molecule is CCOc1ccc(OCC)c2c(OCC)c([C@H](CC=C(C)C)OC(=O)CCN(C)C)cc(OCC)c12. The third-order valence-electron chi connectivity index (χ3n) is 5.46. The van der Waals surface area contributed by atoms with Gasteiger partial charge in [-0.15, -0.1) is 0 Å². The smallest absolute Gasteiger partial charge is 0.307 e. The molecule has 0 saturated carbocycles. The summed E-state index contributed by atoms with van der Waals surface area (Å²) in [6.07, 6.45) is 2.34. The van der Waals surface area contributed by atoms with Gasteiger partial charge in [0.1, 0.15) is 29.1 Å².